The molecule has 0 saturated carbocycles. The van der Waals surface area contributed by atoms with Gasteiger partial charge in [0, 0.05) is 6.92 Å². The zero-order valence-electron chi connectivity index (χ0n) is 14.0. The monoisotopic (exact) mass is 383 g/mol. The van der Waals surface area contributed by atoms with Crippen LogP contribution < -0.4 is 5.32 Å². The first-order chi connectivity index (χ1) is 12.2. The highest BCUT2D eigenvalue weighted by molar-refractivity contribution is 5.73. The summed E-state index contributed by atoms with van der Waals surface area (Å²) in [5.74, 6) is -0.581. The number of hydrogen-bond acceptors (Lipinski definition) is 11. The van der Waals surface area contributed by atoms with Crippen LogP contribution in [0.2, 0.25) is 0 Å². The Bertz CT molecular complexity index is 480. The summed E-state index contributed by atoms with van der Waals surface area (Å²) in [7, 11) is 0. The van der Waals surface area contributed by atoms with Gasteiger partial charge >= 0.3 is 0 Å². The maximum atomic E-state index is 11.4. The molecule has 2 aliphatic rings. The first-order valence-electron chi connectivity index (χ1n) is 8.06. The predicted octanol–water partition coefficient (Wildman–Crippen LogP) is -5.25. The van der Waals surface area contributed by atoms with Crippen molar-refractivity contribution in [2.75, 3.05) is 13.2 Å². The highest BCUT2D eigenvalue weighted by Crippen LogP contribution is 2.28. The van der Waals surface area contributed by atoms with Crippen LogP contribution in [0.25, 0.3) is 0 Å². The minimum atomic E-state index is -1.76. The van der Waals surface area contributed by atoms with Crippen molar-refractivity contribution in [3.63, 3.8) is 0 Å². The van der Waals surface area contributed by atoms with E-state index in [4.69, 9.17) is 19.3 Å². The Labute approximate surface area is 148 Å². The summed E-state index contributed by atoms with van der Waals surface area (Å²) >= 11 is 0. The highest BCUT2D eigenvalue weighted by Gasteiger charge is 2.50. The summed E-state index contributed by atoms with van der Waals surface area (Å²) in [4.78, 5) is 11.4. The number of ether oxygens (including phenoxy) is 3. The number of amides is 1. The molecule has 0 bridgehead atoms. The Morgan fingerprint density at radius 2 is 1.46 bits per heavy atom. The lowest BCUT2D eigenvalue weighted by atomic mass is 9.96. The summed E-state index contributed by atoms with van der Waals surface area (Å²) in [6.07, 6.45) is -13.7. The van der Waals surface area contributed by atoms with Crippen molar-refractivity contribution >= 4 is 5.91 Å². The fourth-order valence-electron chi connectivity index (χ4n) is 2.96. The second kappa shape index (κ2) is 8.84. The molecule has 0 aromatic carbocycles. The number of aliphatic hydroxyl groups excluding tert-OH is 7. The summed E-state index contributed by atoms with van der Waals surface area (Å²) in [5, 5.41) is 70.7. The Morgan fingerprint density at radius 3 is 2.00 bits per heavy atom. The summed E-state index contributed by atoms with van der Waals surface area (Å²) in [6.45, 7) is -0.183. The van der Waals surface area contributed by atoms with E-state index in [-0.39, 0.29) is 0 Å². The molecule has 0 aromatic rings. The fraction of sp³-hybridized carbons (Fsp3) is 0.929. The summed E-state index contributed by atoms with van der Waals surface area (Å²) in [6, 6.07) is -1.29. The molecule has 0 spiro atoms. The van der Waals surface area contributed by atoms with Crippen LogP contribution in [0, 0.1) is 0 Å². The van der Waals surface area contributed by atoms with E-state index in [2.05, 4.69) is 5.32 Å². The number of nitrogens with one attached hydrogen (secondary N) is 1. The molecular weight excluding hydrogens is 358 g/mol. The molecule has 0 radical (unpaired) electrons. The summed E-state index contributed by atoms with van der Waals surface area (Å²) in [5.41, 5.74) is 0. The van der Waals surface area contributed by atoms with E-state index in [1.807, 2.05) is 0 Å². The third-order valence-electron chi connectivity index (χ3n) is 4.38. The molecule has 1 amide bonds. The van der Waals surface area contributed by atoms with Crippen LogP contribution in [-0.2, 0) is 19.0 Å². The lowest BCUT2D eigenvalue weighted by Gasteiger charge is -2.46. The standard InChI is InChI=1S/C14H25NO11/c1-4(18)15-7-10(21)8(19)6(3-17)25-14(7)26-12-11(22)9(20)5(2-16)24-13(12)23/h5-14,16-17,19-23H,2-3H2,1H3,(H,15,18)/t5-,6-,7-,8-,9+,10-,11+,12-,13-,14-/m1/s1. The molecule has 12 heteroatoms. The van der Waals surface area contributed by atoms with E-state index in [0.717, 1.165) is 6.92 Å². The van der Waals surface area contributed by atoms with Crippen LogP contribution >= 0.6 is 0 Å². The first-order valence-corrected chi connectivity index (χ1v) is 8.06. The molecule has 26 heavy (non-hydrogen) atoms. The van der Waals surface area contributed by atoms with E-state index < -0.39 is 80.5 Å². The number of carbonyl (C=O) groups is 1. The Morgan fingerprint density at radius 1 is 0.923 bits per heavy atom. The smallest absolute Gasteiger partial charge is 0.217 e. The van der Waals surface area contributed by atoms with Gasteiger partial charge in [-0.1, -0.05) is 0 Å². The van der Waals surface area contributed by atoms with Gasteiger partial charge in [-0.25, -0.2) is 0 Å². The lowest BCUT2D eigenvalue weighted by Crippen LogP contribution is -2.67. The zero-order valence-corrected chi connectivity index (χ0v) is 14.0. The van der Waals surface area contributed by atoms with Crippen LogP contribution in [0.5, 0.6) is 0 Å². The van der Waals surface area contributed by atoms with Gasteiger partial charge in [-0.3, -0.25) is 4.79 Å². The number of rotatable bonds is 5. The van der Waals surface area contributed by atoms with Crippen LogP contribution in [0.3, 0.4) is 0 Å². The van der Waals surface area contributed by atoms with Gasteiger partial charge in [-0.2, -0.15) is 0 Å². The second-order valence-electron chi connectivity index (χ2n) is 6.26. The molecule has 0 unspecified atom stereocenters. The quantitative estimate of drug-likeness (QED) is 0.226. The molecule has 2 fully saturated rings. The SMILES string of the molecule is CC(=O)N[C@H]1[C@@H](O[C@@H]2[C@@H](O)[C@@H](O)[C@@H](CO)O[C@H]2O)O[C@H](CO)[C@@H](O)[C@@H]1O. The van der Waals surface area contributed by atoms with E-state index >= 15 is 0 Å². The number of carbonyl (C=O) groups excluding carboxylic acids is 1. The van der Waals surface area contributed by atoms with Crippen LogP contribution in [0.15, 0.2) is 0 Å². The molecular formula is C14H25NO11. The van der Waals surface area contributed by atoms with Crippen molar-refractivity contribution in [1.82, 2.24) is 5.32 Å². The number of hydrogen-bond donors (Lipinski definition) is 8. The first kappa shape index (κ1) is 21.4. The van der Waals surface area contributed by atoms with Gasteiger partial charge in [-0.15, -0.1) is 0 Å². The van der Waals surface area contributed by atoms with E-state index in [9.17, 15) is 35.4 Å². The molecule has 2 aliphatic heterocycles. The summed E-state index contributed by atoms with van der Waals surface area (Å²) < 4.78 is 15.7. The van der Waals surface area contributed by atoms with Gasteiger partial charge in [0.25, 0.3) is 0 Å². The third kappa shape index (κ3) is 4.31. The minimum Gasteiger partial charge on any atom is -0.394 e. The molecule has 10 atom stereocenters. The Hall–Kier alpha value is -0.930. The van der Waals surface area contributed by atoms with Crippen molar-refractivity contribution in [3.8, 4) is 0 Å². The second-order valence-corrected chi connectivity index (χ2v) is 6.26. The highest BCUT2D eigenvalue weighted by atomic mass is 16.7. The Balaban J connectivity index is 2.18. The fourth-order valence-corrected chi connectivity index (χ4v) is 2.96. The average Bonchev–Trinajstić information content (AvgIpc) is 2.60. The van der Waals surface area contributed by atoms with Crippen molar-refractivity contribution in [1.29, 1.82) is 0 Å². The molecule has 12 nitrogen and oxygen atoms in total. The van der Waals surface area contributed by atoms with E-state index in [1.54, 1.807) is 0 Å². The van der Waals surface area contributed by atoms with Crippen molar-refractivity contribution in [3.05, 3.63) is 0 Å². The van der Waals surface area contributed by atoms with Gasteiger partial charge in [0.2, 0.25) is 5.91 Å². The maximum Gasteiger partial charge on any atom is 0.217 e. The number of aliphatic hydroxyl groups is 7. The van der Waals surface area contributed by atoms with Crippen molar-refractivity contribution in [2.24, 2.45) is 0 Å². The molecule has 2 saturated heterocycles. The largest absolute Gasteiger partial charge is 0.394 e. The molecule has 2 rings (SSSR count). The average molecular weight is 383 g/mol. The maximum absolute atomic E-state index is 11.4. The molecule has 0 aromatic heterocycles. The van der Waals surface area contributed by atoms with Gasteiger partial charge < -0.3 is 55.3 Å². The van der Waals surface area contributed by atoms with E-state index in [1.165, 1.54) is 0 Å². The minimum absolute atomic E-state index is 0.581. The third-order valence-corrected chi connectivity index (χ3v) is 4.38. The van der Waals surface area contributed by atoms with Crippen LogP contribution in [0.4, 0.5) is 0 Å². The lowest BCUT2D eigenvalue weighted by molar-refractivity contribution is -0.348. The van der Waals surface area contributed by atoms with Gasteiger partial charge in [-0.05, 0) is 0 Å². The normalized spacial score (nSPS) is 46.8. The van der Waals surface area contributed by atoms with Crippen molar-refractivity contribution in [2.45, 2.75) is 68.3 Å². The molecule has 2 heterocycles. The Kier molecular flexibility index (Phi) is 7.27. The van der Waals surface area contributed by atoms with E-state index in [0.29, 0.717) is 0 Å². The van der Waals surface area contributed by atoms with Crippen LogP contribution in [-0.4, -0.2) is 116 Å². The molecule has 152 valence electrons. The van der Waals surface area contributed by atoms with Gasteiger partial charge in [0.05, 0.1) is 13.2 Å². The van der Waals surface area contributed by atoms with Gasteiger partial charge in [0.1, 0.15) is 48.8 Å². The molecule has 8 N–H and O–H groups in total. The van der Waals surface area contributed by atoms with Crippen molar-refractivity contribution < 1.29 is 54.8 Å². The molecule has 0 aliphatic carbocycles. The zero-order chi connectivity index (χ0) is 19.6. The predicted molar refractivity (Wildman–Crippen MR) is 80.2 cm³/mol. The topological polar surface area (TPSA) is 198 Å². The van der Waals surface area contributed by atoms with Crippen LogP contribution in [0.1, 0.15) is 6.92 Å². The van der Waals surface area contributed by atoms with Gasteiger partial charge in [0.15, 0.2) is 12.6 Å².